The van der Waals surface area contributed by atoms with Crippen LogP contribution >= 0.6 is 0 Å². The van der Waals surface area contributed by atoms with E-state index in [1.807, 2.05) is 4.72 Å². The van der Waals surface area contributed by atoms with Gasteiger partial charge in [0.25, 0.3) is 5.91 Å². The van der Waals surface area contributed by atoms with Crippen molar-refractivity contribution in [2.45, 2.75) is 63.2 Å². The van der Waals surface area contributed by atoms with Gasteiger partial charge in [0.05, 0.1) is 19.1 Å². The largest absolute Gasteiger partial charge is 0.467 e. The topological polar surface area (TPSA) is 177 Å². The van der Waals surface area contributed by atoms with Gasteiger partial charge in [-0.2, -0.15) is 4.72 Å². The van der Waals surface area contributed by atoms with Crippen LogP contribution in [0.3, 0.4) is 0 Å². The summed E-state index contributed by atoms with van der Waals surface area (Å²) in [5.41, 5.74) is 0.782. The molecule has 12 nitrogen and oxygen atoms in total. The van der Waals surface area contributed by atoms with E-state index in [0.717, 1.165) is 19.8 Å². The molecule has 0 spiro atoms. The summed E-state index contributed by atoms with van der Waals surface area (Å²) in [5, 5.41) is 15.1. The standard InChI is InChI=1S/C22H33N3O9S/c1-12(2)11-16(22(30)34-6)24-19(27)17(18(26)20(28)23-14(4)21(29)33-5)25-35(31,32)15-9-7-13(3)8-10-15/h7-10,12,14,16-18,25-26H,11H2,1-6H3,(H,23,28)(H,24,27)/t14-,16-,17+,18+/m0/s1. The number of benzene rings is 1. The van der Waals surface area contributed by atoms with Gasteiger partial charge in [-0.3, -0.25) is 9.59 Å². The Morgan fingerprint density at radius 2 is 1.46 bits per heavy atom. The molecule has 1 rings (SSSR count). The summed E-state index contributed by atoms with van der Waals surface area (Å²) in [6, 6.07) is 1.22. The molecule has 0 saturated heterocycles. The van der Waals surface area contributed by atoms with Crippen LogP contribution in [-0.4, -0.2) is 75.7 Å². The van der Waals surface area contributed by atoms with Gasteiger partial charge >= 0.3 is 11.9 Å². The van der Waals surface area contributed by atoms with Gasteiger partial charge in [-0.25, -0.2) is 18.0 Å². The van der Waals surface area contributed by atoms with E-state index in [1.165, 1.54) is 31.2 Å². The van der Waals surface area contributed by atoms with Crippen LogP contribution in [0.2, 0.25) is 0 Å². The molecule has 0 aliphatic carbocycles. The molecule has 196 valence electrons. The fourth-order valence-corrected chi connectivity index (χ4v) is 4.19. The Labute approximate surface area is 204 Å². The van der Waals surface area contributed by atoms with Crippen molar-refractivity contribution in [3.8, 4) is 0 Å². The summed E-state index contributed by atoms with van der Waals surface area (Å²) in [6.07, 6.45) is -2.11. The smallest absolute Gasteiger partial charge is 0.328 e. The maximum Gasteiger partial charge on any atom is 0.328 e. The number of nitrogens with one attached hydrogen (secondary N) is 3. The molecule has 2 amide bonds. The summed E-state index contributed by atoms with van der Waals surface area (Å²) >= 11 is 0. The predicted octanol–water partition coefficient (Wildman–Crippen LogP) is -0.616. The van der Waals surface area contributed by atoms with Crippen LogP contribution in [0.25, 0.3) is 0 Å². The number of carbonyl (C=O) groups is 4. The molecule has 0 aliphatic heterocycles. The molecule has 1 aromatic carbocycles. The monoisotopic (exact) mass is 515 g/mol. The highest BCUT2D eigenvalue weighted by atomic mass is 32.2. The van der Waals surface area contributed by atoms with Crippen molar-refractivity contribution in [1.82, 2.24) is 15.4 Å². The molecular formula is C22H33N3O9S. The van der Waals surface area contributed by atoms with Crippen molar-refractivity contribution in [3.63, 3.8) is 0 Å². The molecular weight excluding hydrogens is 482 g/mol. The van der Waals surface area contributed by atoms with E-state index >= 15 is 0 Å². The molecule has 0 saturated carbocycles. The molecule has 13 heteroatoms. The highest BCUT2D eigenvalue weighted by molar-refractivity contribution is 7.89. The van der Waals surface area contributed by atoms with E-state index in [4.69, 9.17) is 0 Å². The molecule has 0 aromatic heterocycles. The molecule has 0 radical (unpaired) electrons. The van der Waals surface area contributed by atoms with Gasteiger partial charge in [-0.15, -0.1) is 0 Å². The molecule has 0 aliphatic rings. The average molecular weight is 516 g/mol. The van der Waals surface area contributed by atoms with Crippen LogP contribution in [0.4, 0.5) is 0 Å². The van der Waals surface area contributed by atoms with Crippen molar-refractivity contribution in [2.75, 3.05) is 14.2 Å². The number of hydrogen-bond donors (Lipinski definition) is 4. The Morgan fingerprint density at radius 1 is 0.914 bits per heavy atom. The highest BCUT2D eigenvalue weighted by Crippen LogP contribution is 2.13. The van der Waals surface area contributed by atoms with Crippen molar-refractivity contribution in [3.05, 3.63) is 29.8 Å². The number of aliphatic hydroxyl groups excluding tert-OH is 1. The minimum absolute atomic E-state index is 0.0590. The molecule has 0 bridgehead atoms. The van der Waals surface area contributed by atoms with Crippen LogP contribution in [-0.2, 0) is 38.7 Å². The molecule has 0 fully saturated rings. The summed E-state index contributed by atoms with van der Waals surface area (Å²) < 4.78 is 37.0. The molecule has 1 aromatic rings. The number of aliphatic hydroxyl groups is 1. The van der Waals surface area contributed by atoms with Crippen LogP contribution in [0, 0.1) is 12.8 Å². The molecule has 0 unspecified atom stereocenters. The highest BCUT2D eigenvalue weighted by Gasteiger charge is 2.38. The first kappa shape index (κ1) is 30.0. The van der Waals surface area contributed by atoms with Gasteiger partial charge in [-0.05, 0) is 38.3 Å². The zero-order chi connectivity index (χ0) is 26.9. The number of amides is 2. The van der Waals surface area contributed by atoms with Gasteiger partial charge in [0.1, 0.15) is 18.1 Å². The first-order valence-corrected chi connectivity index (χ1v) is 12.2. The quantitative estimate of drug-likeness (QED) is 0.264. The Bertz CT molecular complexity index is 1010. The Hall–Kier alpha value is -3.03. The van der Waals surface area contributed by atoms with Crippen molar-refractivity contribution in [1.29, 1.82) is 0 Å². The molecule has 4 N–H and O–H groups in total. The predicted molar refractivity (Wildman–Crippen MR) is 124 cm³/mol. The summed E-state index contributed by atoms with van der Waals surface area (Å²) in [7, 11) is -2.18. The van der Waals surface area contributed by atoms with Crippen molar-refractivity contribution < 1.29 is 42.2 Å². The number of carbonyl (C=O) groups excluding carboxylic acids is 4. The van der Waals surface area contributed by atoms with E-state index in [2.05, 4.69) is 20.1 Å². The number of sulfonamides is 1. The lowest BCUT2D eigenvalue weighted by molar-refractivity contribution is -0.148. The number of rotatable bonds is 12. The second-order valence-electron chi connectivity index (χ2n) is 8.32. The van der Waals surface area contributed by atoms with Gasteiger partial charge in [0, 0.05) is 0 Å². The fourth-order valence-electron chi connectivity index (χ4n) is 2.99. The van der Waals surface area contributed by atoms with Crippen molar-refractivity contribution >= 4 is 33.8 Å². The third-order valence-corrected chi connectivity index (χ3v) is 6.36. The second kappa shape index (κ2) is 13.2. The van der Waals surface area contributed by atoms with Crippen LogP contribution in [0.15, 0.2) is 29.2 Å². The van der Waals surface area contributed by atoms with Gasteiger partial charge < -0.3 is 25.2 Å². The second-order valence-corrected chi connectivity index (χ2v) is 10.0. The van der Waals surface area contributed by atoms with E-state index in [1.54, 1.807) is 20.8 Å². The fraction of sp³-hybridized carbons (Fsp3) is 0.545. The zero-order valence-electron chi connectivity index (χ0n) is 20.5. The summed E-state index contributed by atoms with van der Waals surface area (Å²) in [5.74, 6) is -4.03. The number of hydrogen-bond acceptors (Lipinski definition) is 9. The number of ether oxygens (including phenoxy) is 2. The minimum Gasteiger partial charge on any atom is -0.467 e. The number of esters is 2. The van der Waals surface area contributed by atoms with Gasteiger partial charge in [0.2, 0.25) is 15.9 Å². The Morgan fingerprint density at radius 3 is 1.94 bits per heavy atom. The number of aryl methyl sites for hydroxylation is 1. The Balaban J connectivity index is 3.30. The van der Waals surface area contributed by atoms with Crippen molar-refractivity contribution in [2.24, 2.45) is 5.92 Å². The lowest BCUT2D eigenvalue weighted by Crippen LogP contribution is -2.60. The van der Waals surface area contributed by atoms with Crippen LogP contribution < -0.4 is 15.4 Å². The first-order chi connectivity index (χ1) is 16.2. The lowest BCUT2D eigenvalue weighted by atomic mass is 10.0. The SMILES string of the molecule is COC(=O)[C@H](C)NC(=O)[C@H](O)[C@@H](NS(=O)(=O)c1ccc(C)cc1)C(=O)N[C@@H](CC(C)C)C(=O)OC. The third kappa shape index (κ3) is 8.92. The zero-order valence-corrected chi connectivity index (χ0v) is 21.3. The molecule has 35 heavy (non-hydrogen) atoms. The van der Waals surface area contributed by atoms with Crippen LogP contribution in [0.1, 0.15) is 32.8 Å². The Kier molecular flexibility index (Phi) is 11.3. The minimum atomic E-state index is -4.39. The number of methoxy groups -OCH3 is 2. The van der Waals surface area contributed by atoms with E-state index < -0.39 is 58.0 Å². The van der Waals surface area contributed by atoms with E-state index in [-0.39, 0.29) is 17.2 Å². The molecule has 0 heterocycles. The summed E-state index contributed by atoms with van der Waals surface area (Å²) in [4.78, 5) is 49.2. The van der Waals surface area contributed by atoms with E-state index in [0.29, 0.717) is 0 Å². The molecule has 4 atom stereocenters. The summed E-state index contributed by atoms with van der Waals surface area (Å²) in [6.45, 7) is 6.60. The van der Waals surface area contributed by atoms with Gasteiger partial charge in [0.15, 0.2) is 6.10 Å². The van der Waals surface area contributed by atoms with Gasteiger partial charge in [-0.1, -0.05) is 31.5 Å². The van der Waals surface area contributed by atoms with Crippen LogP contribution in [0.5, 0.6) is 0 Å². The maximum absolute atomic E-state index is 13.1. The first-order valence-electron chi connectivity index (χ1n) is 10.8. The normalized spacial score (nSPS) is 14.9. The van der Waals surface area contributed by atoms with E-state index in [9.17, 15) is 32.7 Å². The lowest BCUT2D eigenvalue weighted by Gasteiger charge is -2.26. The maximum atomic E-state index is 13.1. The average Bonchev–Trinajstić information content (AvgIpc) is 2.80. The third-order valence-electron chi connectivity index (χ3n) is 4.90.